The molecule has 3 aromatic heterocycles. The molecule has 0 fully saturated rings. The van der Waals surface area contributed by atoms with E-state index >= 15 is 0 Å². The molecule has 0 aliphatic heterocycles. The van der Waals surface area contributed by atoms with Crippen molar-refractivity contribution in [1.82, 2.24) is 13.7 Å². The van der Waals surface area contributed by atoms with Gasteiger partial charge in [0.15, 0.2) is 0 Å². The molecule has 14 rings (SSSR count). The van der Waals surface area contributed by atoms with Gasteiger partial charge in [0.05, 0.1) is 55.6 Å². The van der Waals surface area contributed by atoms with Crippen LogP contribution in [0.5, 0.6) is 0 Å². The molecular formula is C58H31N5. The third kappa shape index (κ3) is 4.37. The number of nitrogens with zero attached hydrogens (tertiary/aromatic N) is 5. The number of benzene rings is 10. The zero-order valence-corrected chi connectivity index (χ0v) is 33.6. The molecule has 13 aromatic rings. The smallest absolute Gasteiger partial charge is 0.101 e. The van der Waals surface area contributed by atoms with E-state index in [9.17, 15) is 10.5 Å². The van der Waals surface area contributed by atoms with E-state index in [1.807, 2.05) is 12.1 Å². The number of aromatic nitrogens is 3. The number of hydrogen-bond acceptors (Lipinski definition) is 2. The zero-order chi connectivity index (χ0) is 41.5. The molecule has 0 saturated carbocycles. The number of fused-ring (bicyclic) bond motifs is 15. The maximum atomic E-state index is 11.2. The molecule has 0 saturated heterocycles. The summed E-state index contributed by atoms with van der Waals surface area (Å²) < 4.78 is 6.76. The van der Waals surface area contributed by atoms with Crippen LogP contribution in [0.3, 0.4) is 0 Å². The highest BCUT2D eigenvalue weighted by atomic mass is 15.0. The molecule has 0 spiro atoms. The van der Waals surface area contributed by atoms with Crippen LogP contribution in [0.2, 0.25) is 0 Å². The molecule has 63 heavy (non-hydrogen) atoms. The van der Waals surface area contributed by atoms with Crippen LogP contribution in [0, 0.1) is 22.7 Å². The van der Waals surface area contributed by atoms with Gasteiger partial charge in [0.1, 0.15) is 12.1 Å². The molecule has 1 aliphatic rings. The topological polar surface area (TPSA) is 62.4 Å². The fraction of sp³-hybridized carbons (Fsp3) is 0. The second-order valence-electron chi connectivity index (χ2n) is 16.6. The Balaban J connectivity index is 1.06. The minimum atomic E-state index is 0.478. The monoisotopic (exact) mass is 797 g/mol. The molecular weight excluding hydrogens is 767 g/mol. The van der Waals surface area contributed by atoms with Crippen molar-refractivity contribution < 1.29 is 0 Å². The van der Waals surface area contributed by atoms with Gasteiger partial charge in [-0.1, -0.05) is 127 Å². The lowest BCUT2D eigenvalue weighted by Gasteiger charge is -2.16. The van der Waals surface area contributed by atoms with Crippen LogP contribution >= 0.6 is 0 Å². The first-order chi connectivity index (χ1) is 31.2. The van der Waals surface area contributed by atoms with Crippen LogP contribution in [0.4, 0.5) is 0 Å². The molecule has 10 aromatic carbocycles. The summed E-state index contributed by atoms with van der Waals surface area (Å²) in [5.74, 6) is 0. The first kappa shape index (κ1) is 33.9. The van der Waals surface area contributed by atoms with E-state index in [1.54, 1.807) is 0 Å². The number of hydrogen-bond donors (Lipinski definition) is 0. The number of nitriles is 2. The van der Waals surface area contributed by atoms with E-state index < -0.39 is 0 Å². The van der Waals surface area contributed by atoms with Crippen molar-refractivity contribution in [2.24, 2.45) is 0 Å². The molecule has 0 bridgehead atoms. The second kappa shape index (κ2) is 12.3. The fourth-order valence-corrected chi connectivity index (χ4v) is 11.1. The average molecular weight is 798 g/mol. The summed E-state index contributed by atoms with van der Waals surface area (Å²) in [6.45, 7) is 0. The third-order valence-electron chi connectivity index (χ3n) is 13.6. The van der Waals surface area contributed by atoms with Gasteiger partial charge in [-0.2, -0.15) is 10.5 Å². The molecule has 5 heteroatoms. The van der Waals surface area contributed by atoms with Gasteiger partial charge in [-0.3, -0.25) is 0 Å². The minimum Gasteiger partial charge on any atom is -0.309 e. The van der Waals surface area contributed by atoms with Crippen LogP contribution in [-0.2, 0) is 0 Å². The Morgan fingerprint density at radius 1 is 0.317 bits per heavy atom. The highest BCUT2D eigenvalue weighted by molar-refractivity contribution is 6.28. The maximum Gasteiger partial charge on any atom is 0.101 e. The van der Waals surface area contributed by atoms with Crippen LogP contribution in [0.1, 0.15) is 11.1 Å². The van der Waals surface area contributed by atoms with E-state index in [-0.39, 0.29) is 0 Å². The lowest BCUT2D eigenvalue weighted by molar-refractivity contribution is 1.12. The van der Waals surface area contributed by atoms with Crippen LogP contribution in [0.25, 0.3) is 126 Å². The van der Waals surface area contributed by atoms with E-state index in [1.165, 1.54) is 38.4 Å². The molecule has 0 unspecified atom stereocenters. The van der Waals surface area contributed by atoms with E-state index in [0.717, 1.165) is 76.5 Å². The summed E-state index contributed by atoms with van der Waals surface area (Å²) in [5, 5.41) is 33.8. The Labute approximate surface area is 360 Å². The summed E-state index contributed by atoms with van der Waals surface area (Å²) in [7, 11) is 0. The van der Waals surface area contributed by atoms with E-state index in [0.29, 0.717) is 22.5 Å². The quantitative estimate of drug-likeness (QED) is 0.179. The van der Waals surface area contributed by atoms with Gasteiger partial charge >= 0.3 is 0 Å². The lowest BCUT2D eigenvalue weighted by Crippen LogP contribution is -2.04. The molecule has 1 aliphatic carbocycles. The zero-order valence-electron chi connectivity index (χ0n) is 33.6. The molecule has 288 valence electrons. The van der Waals surface area contributed by atoms with Crippen molar-refractivity contribution in [1.29, 1.82) is 10.5 Å². The van der Waals surface area contributed by atoms with Gasteiger partial charge in [-0.15, -0.1) is 0 Å². The van der Waals surface area contributed by atoms with E-state index in [2.05, 4.69) is 202 Å². The number of rotatable bonds is 3. The van der Waals surface area contributed by atoms with Crippen molar-refractivity contribution in [3.8, 4) is 51.5 Å². The van der Waals surface area contributed by atoms with E-state index in [4.69, 9.17) is 0 Å². The molecule has 0 amide bonds. The molecule has 0 radical (unpaired) electrons. The van der Waals surface area contributed by atoms with Crippen molar-refractivity contribution in [3.63, 3.8) is 0 Å². The van der Waals surface area contributed by atoms with Crippen LogP contribution in [0.15, 0.2) is 188 Å². The van der Waals surface area contributed by atoms with Gasteiger partial charge in [0.2, 0.25) is 0 Å². The highest BCUT2D eigenvalue weighted by Gasteiger charge is 2.27. The van der Waals surface area contributed by atoms with Crippen molar-refractivity contribution in [2.75, 3.05) is 0 Å². The highest BCUT2D eigenvalue weighted by Crippen LogP contribution is 2.51. The molecule has 0 atom stereocenters. The fourth-order valence-electron chi connectivity index (χ4n) is 11.1. The Kier molecular flexibility index (Phi) is 6.63. The second-order valence-corrected chi connectivity index (χ2v) is 16.6. The predicted octanol–water partition coefficient (Wildman–Crippen LogP) is 14.7. The number of para-hydroxylation sites is 3. The standard InChI is InChI=1S/C58H31N5/c59-32-35-29-55(63-51-23-10-7-18-43(51)47-31-46-40-15-4-3-14-39(40)44-19-11-20-45(56(44)46)58(47)63)36(33-60)28-54(35)62-52-27-25-37(30-48(52)57-38-13-2-1-12-34(38)24-26-53(57)62)61-49-21-8-5-16-41(49)42-17-6-9-22-50(42)61/h1-31H. The first-order valence-electron chi connectivity index (χ1n) is 21.2. The van der Waals surface area contributed by atoms with Gasteiger partial charge in [-0.25, -0.2) is 0 Å². The summed E-state index contributed by atoms with van der Waals surface area (Å²) in [6.07, 6.45) is 0. The van der Waals surface area contributed by atoms with Gasteiger partial charge in [0.25, 0.3) is 0 Å². The summed E-state index contributed by atoms with van der Waals surface area (Å²) in [5.41, 5.74) is 14.5. The van der Waals surface area contributed by atoms with Gasteiger partial charge in [-0.05, 0) is 99.1 Å². The lowest BCUT2D eigenvalue weighted by atomic mass is 9.99. The maximum absolute atomic E-state index is 11.2. The Bertz CT molecular complexity index is 4240. The van der Waals surface area contributed by atoms with Crippen LogP contribution < -0.4 is 0 Å². The van der Waals surface area contributed by atoms with Crippen molar-refractivity contribution in [2.45, 2.75) is 0 Å². The van der Waals surface area contributed by atoms with Gasteiger partial charge in [0, 0.05) is 43.4 Å². The Hall–Kier alpha value is -8.90. The predicted molar refractivity (Wildman–Crippen MR) is 258 cm³/mol. The largest absolute Gasteiger partial charge is 0.309 e. The summed E-state index contributed by atoms with van der Waals surface area (Å²) in [6, 6.07) is 71.6. The molecule has 0 N–H and O–H groups in total. The summed E-state index contributed by atoms with van der Waals surface area (Å²) >= 11 is 0. The minimum absolute atomic E-state index is 0.478. The average Bonchev–Trinajstić information content (AvgIpc) is 4.07. The van der Waals surface area contributed by atoms with Gasteiger partial charge < -0.3 is 13.7 Å². The normalized spacial score (nSPS) is 12.1. The first-order valence-corrected chi connectivity index (χ1v) is 21.2. The third-order valence-corrected chi connectivity index (χ3v) is 13.6. The molecule has 5 nitrogen and oxygen atoms in total. The SMILES string of the molecule is N#Cc1cc(-n2c3ccccc3c3cc4c5c(cccc5c32)-c2ccccc2-4)c(C#N)cc1-n1c2ccc(-n3c4ccccc4c4ccccc43)cc2c2c3ccccc3ccc21. The summed E-state index contributed by atoms with van der Waals surface area (Å²) in [4.78, 5) is 0. The van der Waals surface area contributed by atoms with Crippen LogP contribution in [-0.4, -0.2) is 13.7 Å². The molecule has 3 heterocycles. The van der Waals surface area contributed by atoms with Crippen molar-refractivity contribution in [3.05, 3.63) is 199 Å². The Morgan fingerprint density at radius 3 is 1.54 bits per heavy atom. The Morgan fingerprint density at radius 2 is 0.841 bits per heavy atom. The van der Waals surface area contributed by atoms with Crippen molar-refractivity contribution >= 4 is 87.0 Å².